The third-order valence-corrected chi connectivity index (χ3v) is 2.36. The van der Waals surface area contributed by atoms with Crippen molar-refractivity contribution in [3.8, 4) is 0 Å². The van der Waals surface area contributed by atoms with Crippen LogP contribution in [0.2, 0.25) is 0 Å². The topological polar surface area (TPSA) is 62.3 Å². The minimum atomic E-state index is 0.161. The average Bonchev–Trinajstić information content (AvgIpc) is 2.79. The summed E-state index contributed by atoms with van der Waals surface area (Å²) < 4.78 is 5.25. The molecule has 0 aliphatic heterocycles. The number of aryl methyl sites for hydroxylation is 1. The van der Waals surface area contributed by atoms with Gasteiger partial charge in [-0.25, -0.2) is 0 Å². The van der Waals surface area contributed by atoms with Crippen molar-refractivity contribution in [1.29, 1.82) is 0 Å². The van der Waals surface area contributed by atoms with Crippen LogP contribution in [-0.2, 0) is 11.2 Å². The van der Waals surface area contributed by atoms with Crippen molar-refractivity contribution in [3.63, 3.8) is 0 Å². The molecule has 2 N–H and O–H groups in total. The smallest absolute Gasteiger partial charge is 0.166 e. The molecule has 0 amide bonds. The van der Waals surface area contributed by atoms with Crippen LogP contribution in [0.15, 0.2) is 6.07 Å². The van der Waals surface area contributed by atoms with Crippen LogP contribution in [0.1, 0.15) is 34.3 Å². The molecule has 0 radical (unpaired) electrons. The number of rotatable bonds is 2. The first-order valence-corrected chi connectivity index (χ1v) is 4.49. The number of hydrogen-bond donors (Lipinski definition) is 2. The van der Waals surface area contributed by atoms with Gasteiger partial charge in [0.2, 0.25) is 0 Å². The lowest BCUT2D eigenvalue weighted by atomic mass is 10.2. The molecule has 2 rings (SSSR count). The molecule has 1 heterocycles. The van der Waals surface area contributed by atoms with Gasteiger partial charge in [-0.3, -0.25) is 4.79 Å². The highest BCUT2D eigenvalue weighted by atomic mass is 16.5. The van der Waals surface area contributed by atoms with E-state index in [0.717, 1.165) is 31.9 Å². The summed E-state index contributed by atoms with van der Waals surface area (Å²) in [4.78, 5) is 13.5. The van der Waals surface area contributed by atoms with Gasteiger partial charge in [-0.2, -0.15) is 0 Å². The predicted octanol–water partition coefficient (Wildman–Crippen LogP) is 1.07. The van der Waals surface area contributed by atoms with Crippen LogP contribution in [0.4, 0.5) is 0 Å². The lowest BCUT2D eigenvalue weighted by molar-refractivity contribution is 0.101. The van der Waals surface area contributed by atoms with Gasteiger partial charge in [-0.15, -0.1) is 0 Å². The summed E-state index contributed by atoms with van der Waals surface area (Å²) in [6.07, 6.45) is 3.04. The molecule has 1 aromatic heterocycles. The normalized spacial score (nSPS) is 18.4. The minimum Gasteiger partial charge on any atom is -0.400 e. The standard InChI is InChI=1S/C9H11NO2.CH4O/c1-12-8-3-2-6-4-7(5-11)10-9(6)8;1-2/h4-5,8,10H,2-3H2,1H3;2H,1H3. The first kappa shape index (κ1) is 10.9. The second kappa shape index (κ2) is 4.93. The second-order valence-electron chi connectivity index (χ2n) is 3.04. The molecule has 1 aliphatic carbocycles. The van der Waals surface area contributed by atoms with Crippen molar-refractivity contribution in [2.24, 2.45) is 0 Å². The molecule has 0 bridgehead atoms. The Morgan fingerprint density at radius 3 is 2.93 bits per heavy atom. The molecule has 78 valence electrons. The molecule has 4 heteroatoms. The predicted molar refractivity (Wildman–Crippen MR) is 52.4 cm³/mol. The van der Waals surface area contributed by atoms with Crippen LogP contribution >= 0.6 is 0 Å². The zero-order valence-corrected chi connectivity index (χ0v) is 8.41. The number of H-pyrrole nitrogens is 1. The number of ether oxygens (including phenoxy) is 1. The molecule has 1 aromatic rings. The van der Waals surface area contributed by atoms with Crippen LogP contribution in [0.3, 0.4) is 0 Å². The monoisotopic (exact) mass is 197 g/mol. The van der Waals surface area contributed by atoms with Gasteiger partial charge in [0, 0.05) is 19.9 Å². The van der Waals surface area contributed by atoms with Crippen LogP contribution in [0.25, 0.3) is 0 Å². The van der Waals surface area contributed by atoms with E-state index in [4.69, 9.17) is 9.84 Å². The summed E-state index contributed by atoms with van der Waals surface area (Å²) >= 11 is 0. The zero-order valence-electron chi connectivity index (χ0n) is 8.41. The van der Waals surface area contributed by atoms with Crippen molar-refractivity contribution in [1.82, 2.24) is 4.98 Å². The van der Waals surface area contributed by atoms with Crippen LogP contribution in [0, 0.1) is 0 Å². The van der Waals surface area contributed by atoms with E-state index < -0.39 is 0 Å². The largest absolute Gasteiger partial charge is 0.400 e. The van der Waals surface area contributed by atoms with E-state index in [0.29, 0.717) is 5.69 Å². The van der Waals surface area contributed by atoms with E-state index in [1.54, 1.807) is 7.11 Å². The van der Waals surface area contributed by atoms with E-state index in [1.165, 1.54) is 5.56 Å². The molecule has 14 heavy (non-hydrogen) atoms. The SMILES string of the molecule is CO.COC1CCc2cc(C=O)[nH]c21. The zero-order chi connectivity index (χ0) is 10.6. The molecular weight excluding hydrogens is 182 g/mol. The van der Waals surface area contributed by atoms with Crippen LogP contribution in [0.5, 0.6) is 0 Å². The average molecular weight is 197 g/mol. The summed E-state index contributed by atoms with van der Waals surface area (Å²) in [5.41, 5.74) is 2.96. The quantitative estimate of drug-likeness (QED) is 0.697. The molecule has 1 aliphatic rings. The van der Waals surface area contributed by atoms with E-state index in [-0.39, 0.29) is 6.10 Å². The third kappa shape index (κ3) is 1.86. The van der Waals surface area contributed by atoms with E-state index in [2.05, 4.69) is 4.98 Å². The highest BCUT2D eigenvalue weighted by Crippen LogP contribution is 2.32. The number of aromatic nitrogens is 1. The molecule has 4 nitrogen and oxygen atoms in total. The summed E-state index contributed by atoms with van der Waals surface area (Å²) in [7, 11) is 2.70. The second-order valence-corrected chi connectivity index (χ2v) is 3.04. The summed E-state index contributed by atoms with van der Waals surface area (Å²) in [6.45, 7) is 0. The number of nitrogens with one attached hydrogen (secondary N) is 1. The Hall–Kier alpha value is -1.13. The van der Waals surface area contributed by atoms with Crippen LogP contribution < -0.4 is 0 Å². The van der Waals surface area contributed by atoms with Gasteiger partial charge >= 0.3 is 0 Å². The maximum atomic E-state index is 10.4. The minimum absolute atomic E-state index is 0.161. The molecule has 0 saturated carbocycles. The number of carbonyl (C=O) groups is 1. The van der Waals surface area contributed by atoms with Crippen LogP contribution in [-0.4, -0.2) is 30.6 Å². The maximum Gasteiger partial charge on any atom is 0.166 e. The highest BCUT2D eigenvalue weighted by molar-refractivity contribution is 5.73. The summed E-state index contributed by atoms with van der Waals surface area (Å²) in [5.74, 6) is 0. The Kier molecular flexibility index (Phi) is 3.85. The maximum absolute atomic E-state index is 10.4. The van der Waals surface area contributed by atoms with Crippen molar-refractivity contribution in [3.05, 3.63) is 23.0 Å². The fraction of sp³-hybridized carbons (Fsp3) is 0.500. The molecule has 0 spiro atoms. The fourth-order valence-corrected chi connectivity index (χ4v) is 1.76. The fourth-order valence-electron chi connectivity index (χ4n) is 1.76. The van der Waals surface area contributed by atoms with Crippen molar-refractivity contribution >= 4 is 6.29 Å². The van der Waals surface area contributed by atoms with Gasteiger partial charge in [0.15, 0.2) is 6.29 Å². The number of aliphatic hydroxyl groups excluding tert-OH is 1. The Balaban J connectivity index is 0.000000461. The molecular formula is C10H15NO3. The van der Waals surface area contributed by atoms with E-state index >= 15 is 0 Å². The van der Waals surface area contributed by atoms with Gasteiger partial charge in [-0.05, 0) is 24.5 Å². The highest BCUT2D eigenvalue weighted by Gasteiger charge is 2.24. The molecule has 1 unspecified atom stereocenters. The Morgan fingerprint density at radius 1 is 1.64 bits per heavy atom. The van der Waals surface area contributed by atoms with Gasteiger partial charge in [0.1, 0.15) is 0 Å². The van der Waals surface area contributed by atoms with Crippen molar-refractivity contribution < 1.29 is 14.6 Å². The molecule has 1 atom stereocenters. The van der Waals surface area contributed by atoms with Gasteiger partial charge < -0.3 is 14.8 Å². The van der Waals surface area contributed by atoms with Crippen molar-refractivity contribution in [2.45, 2.75) is 18.9 Å². The number of aldehydes is 1. The van der Waals surface area contributed by atoms with Crippen molar-refractivity contribution in [2.75, 3.05) is 14.2 Å². The lowest BCUT2D eigenvalue weighted by Crippen LogP contribution is -1.96. The Bertz CT molecular complexity index is 306. The van der Waals surface area contributed by atoms with E-state index in [9.17, 15) is 4.79 Å². The van der Waals surface area contributed by atoms with E-state index in [1.807, 2.05) is 6.07 Å². The number of methoxy groups -OCH3 is 1. The Morgan fingerprint density at radius 2 is 2.36 bits per heavy atom. The first-order valence-electron chi connectivity index (χ1n) is 4.49. The first-order chi connectivity index (χ1) is 6.85. The number of fused-ring (bicyclic) bond motifs is 1. The Labute approximate surface area is 82.9 Å². The molecule has 0 fully saturated rings. The lowest BCUT2D eigenvalue weighted by Gasteiger charge is -2.05. The van der Waals surface area contributed by atoms with Gasteiger partial charge in [0.25, 0.3) is 0 Å². The number of aliphatic hydroxyl groups is 1. The molecule has 0 saturated heterocycles. The number of hydrogen-bond acceptors (Lipinski definition) is 3. The number of carbonyl (C=O) groups excluding carboxylic acids is 1. The summed E-state index contributed by atoms with van der Waals surface area (Å²) in [5, 5.41) is 7.00. The van der Waals surface area contributed by atoms with Gasteiger partial charge in [0.05, 0.1) is 11.8 Å². The number of aromatic amines is 1. The third-order valence-electron chi connectivity index (χ3n) is 2.36. The summed E-state index contributed by atoms with van der Waals surface area (Å²) in [6, 6.07) is 1.90. The molecule has 0 aromatic carbocycles. The van der Waals surface area contributed by atoms with Gasteiger partial charge in [-0.1, -0.05) is 0 Å².